The number of nitrogens with two attached hydrogens (primary N) is 1. The summed E-state index contributed by atoms with van der Waals surface area (Å²) in [5, 5.41) is 3.95. The van der Waals surface area contributed by atoms with E-state index in [1.54, 1.807) is 6.20 Å². The highest BCUT2D eigenvalue weighted by Crippen LogP contribution is 2.22. The monoisotopic (exact) mass is 246 g/mol. The van der Waals surface area contributed by atoms with Crippen molar-refractivity contribution in [3.63, 3.8) is 0 Å². The van der Waals surface area contributed by atoms with E-state index in [0.717, 1.165) is 16.8 Å². The Morgan fingerprint density at radius 3 is 2.61 bits per heavy atom. The Morgan fingerprint density at radius 2 is 2.00 bits per heavy atom. The molecule has 0 aromatic carbocycles. The highest BCUT2D eigenvalue weighted by molar-refractivity contribution is 5.54. The molecule has 0 bridgehead atoms. The lowest BCUT2D eigenvalue weighted by molar-refractivity contribution is 0.325. The quantitative estimate of drug-likeness (QED) is 0.899. The summed E-state index contributed by atoms with van der Waals surface area (Å²) >= 11 is 0. The van der Waals surface area contributed by atoms with Gasteiger partial charge < -0.3 is 10.3 Å². The predicted octanol–water partition coefficient (Wildman–Crippen LogP) is 2.40. The van der Waals surface area contributed by atoms with Gasteiger partial charge in [-0.2, -0.15) is 4.98 Å². The summed E-state index contributed by atoms with van der Waals surface area (Å²) in [5.74, 6) is 1.21. The van der Waals surface area contributed by atoms with Crippen LogP contribution in [0.25, 0.3) is 11.5 Å². The molecule has 0 aliphatic heterocycles. The number of nitrogens with zero attached hydrogens (tertiary/aromatic N) is 3. The van der Waals surface area contributed by atoms with Crippen molar-refractivity contribution in [3.8, 4) is 11.5 Å². The zero-order chi connectivity index (χ0) is 13.3. The number of aryl methyl sites for hydroxylation is 2. The third kappa shape index (κ3) is 2.41. The maximum atomic E-state index is 5.97. The van der Waals surface area contributed by atoms with Crippen LogP contribution >= 0.6 is 0 Å². The average Bonchev–Trinajstić information content (AvgIpc) is 2.77. The first-order valence-corrected chi connectivity index (χ1v) is 6.02. The van der Waals surface area contributed by atoms with Gasteiger partial charge >= 0.3 is 0 Å². The SMILES string of the molecule is Cc1cnc(-c2noc(C(N)C(C)C)n2)c(C)c1. The van der Waals surface area contributed by atoms with E-state index in [1.165, 1.54) is 0 Å². The van der Waals surface area contributed by atoms with E-state index in [4.69, 9.17) is 10.3 Å². The molecular formula is C13H18N4O. The third-order valence-electron chi connectivity index (χ3n) is 2.87. The molecule has 1 unspecified atom stereocenters. The highest BCUT2D eigenvalue weighted by Gasteiger charge is 2.19. The van der Waals surface area contributed by atoms with Gasteiger partial charge in [0.05, 0.1) is 6.04 Å². The molecule has 0 radical (unpaired) electrons. The van der Waals surface area contributed by atoms with E-state index >= 15 is 0 Å². The average molecular weight is 246 g/mol. The second-order valence-corrected chi connectivity index (χ2v) is 4.90. The van der Waals surface area contributed by atoms with Crippen LogP contribution in [-0.2, 0) is 0 Å². The lowest BCUT2D eigenvalue weighted by atomic mass is 10.1. The standard InChI is InChI=1S/C13H18N4O/c1-7(2)10(14)13-16-12(17-18-13)11-9(4)5-8(3)6-15-11/h5-7,10H,14H2,1-4H3. The smallest absolute Gasteiger partial charge is 0.244 e. The fourth-order valence-corrected chi connectivity index (χ4v) is 1.70. The molecule has 96 valence electrons. The Balaban J connectivity index is 2.35. The van der Waals surface area contributed by atoms with Crippen LogP contribution in [0.2, 0.25) is 0 Å². The third-order valence-corrected chi connectivity index (χ3v) is 2.87. The summed E-state index contributed by atoms with van der Waals surface area (Å²) in [6.45, 7) is 8.02. The molecule has 2 rings (SSSR count). The molecular weight excluding hydrogens is 228 g/mol. The first-order valence-electron chi connectivity index (χ1n) is 6.02. The van der Waals surface area contributed by atoms with E-state index in [1.807, 2.05) is 33.8 Å². The van der Waals surface area contributed by atoms with Gasteiger partial charge in [-0.05, 0) is 30.9 Å². The van der Waals surface area contributed by atoms with Crippen LogP contribution in [0.15, 0.2) is 16.8 Å². The molecule has 0 spiro atoms. The topological polar surface area (TPSA) is 77.8 Å². The Hall–Kier alpha value is -1.75. The molecule has 18 heavy (non-hydrogen) atoms. The Morgan fingerprint density at radius 1 is 1.28 bits per heavy atom. The van der Waals surface area contributed by atoms with Crippen molar-refractivity contribution in [1.82, 2.24) is 15.1 Å². The Bertz CT molecular complexity index is 548. The molecule has 5 heteroatoms. The van der Waals surface area contributed by atoms with Gasteiger partial charge in [0, 0.05) is 6.20 Å². The van der Waals surface area contributed by atoms with E-state index in [9.17, 15) is 0 Å². The normalized spacial score (nSPS) is 13.0. The zero-order valence-electron chi connectivity index (χ0n) is 11.1. The van der Waals surface area contributed by atoms with Gasteiger partial charge in [-0.25, -0.2) is 0 Å². The molecule has 0 saturated heterocycles. The minimum atomic E-state index is -0.239. The van der Waals surface area contributed by atoms with Gasteiger partial charge in [0.1, 0.15) is 5.69 Å². The fraction of sp³-hybridized carbons (Fsp3) is 0.462. The first kappa shape index (κ1) is 12.7. The number of aromatic nitrogens is 3. The molecule has 0 aliphatic carbocycles. The summed E-state index contributed by atoms with van der Waals surface area (Å²) in [6, 6.07) is 1.80. The highest BCUT2D eigenvalue weighted by atomic mass is 16.5. The zero-order valence-corrected chi connectivity index (χ0v) is 11.1. The van der Waals surface area contributed by atoms with Crippen molar-refractivity contribution in [2.45, 2.75) is 33.7 Å². The van der Waals surface area contributed by atoms with Gasteiger partial charge in [-0.3, -0.25) is 4.98 Å². The van der Waals surface area contributed by atoms with E-state index < -0.39 is 0 Å². The minimum Gasteiger partial charge on any atom is -0.337 e. The van der Waals surface area contributed by atoms with Crippen molar-refractivity contribution in [1.29, 1.82) is 0 Å². The van der Waals surface area contributed by atoms with Gasteiger partial charge in [0.2, 0.25) is 11.7 Å². The molecule has 0 aliphatic rings. The van der Waals surface area contributed by atoms with Crippen LogP contribution in [0.5, 0.6) is 0 Å². The summed E-state index contributed by atoms with van der Waals surface area (Å²) in [4.78, 5) is 8.67. The number of hydrogen-bond donors (Lipinski definition) is 1. The van der Waals surface area contributed by atoms with Crippen molar-refractivity contribution in [2.75, 3.05) is 0 Å². The van der Waals surface area contributed by atoms with Crippen LogP contribution < -0.4 is 5.73 Å². The van der Waals surface area contributed by atoms with Crippen LogP contribution in [0, 0.1) is 19.8 Å². The van der Waals surface area contributed by atoms with E-state index in [2.05, 4.69) is 15.1 Å². The van der Waals surface area contributed by atoms with Crippen LogP contribution in [0.4, 0.5) is 0 Å². The Kier molecular flexibility index (Phi) is 3.43. The second kappa shape index (κ2) is 4.86. The number of rotatable bonds is 3. The number of pyridine rings is 1. The van der Waals surface area contributed by atoms with Gasteiger partial charge in [-0.1, -0.05) is 25.1 Å². The molecule has 0 fully saturated rings. The maximum Gasteiger partial charge on any atom is 0.244 e. The van der Waals surface area contributed by atoms with Crippen molar-refractivity contribution >= 4 is 0 Å². The molecule has 2 heterocycles. The largest absolute Gasteiger partial charge is 0.337 e. The predicted molar refractivity (Wildman–Crippen MR) is 68.8 cm³/mol. The van der Waals surface area contributed by atoms with E-state index in [-0.39, 0.29) is 12.0 Å². The lowest BCUT2D eigenvalue weighted by Gasteiger charge is -2.09. The van der Waals surface area contributed by atoms with Crippen LogP contribution in [0.3, 0.4) is 0 Å². The van der Waals surface area contributed by atoms with Crippen LogP contribution in [0.1, 0.15) is 36.9 Å². The summed E-state index contributed by atoms with van der Waals surface area (Å²) < 4.78 is 5.20. The molecule has 5 nitrogen and oxygen atoms in total. The summed E-state index contributed by atoms with van der Waals surface area (Å²) in [7, 11) is 0. The Labute approximate surface area is 106 Å². The summed E-state index contributed by atoms with van der Waals surface area (Å²) in [5.41, 5.74) is 8.86. The summed E-state index contributed by atoms with van der Waals surface area (Å²) in [6.07, 6.45) is 1.79. The van der Waals surface area contributed by atoms with Gasteiger partial charge in [0.15, 0.2) is 0 Å². The molecule has 2 aromatic rings. The molecule has 0 saturated carbocycles. The van der Waals surface area contributed by atoms with Crippen molar-refractivity contribution < 1.29 is 4.52 Å². The molecule has 0 amide bonds. The number of hydrogen-bond acceptors (Lipinski definition) is 5. The molecule has 2 N–H and O–H groups in total. The van der Waals surface area contributed by atoms with Crippen molar-refractivity contribution in [2.24, 2.45) is 11.7 Å². The molecule has 2 aromatic heterocycles. The van der Waals surface area contributed by atoms with Crippen LogP contribution in [-0.4, -0.2) is 15.1 Å². The van der Waals surface area contributed by atoms with Gasteiger partial charge in [-0.15, -0.1) is 0 Å². The maximum absolute atomic E-state index is 5.97. The van der Waals surface area contributed by atoms with Gasteiger partial charge in [0.25, 0.3) is 0 Å². The fourth-order valence-electron chi connectivity index (χ4n) is 1.70. The molecule has 1 atom stereocenters. The minimum absolute atomic E-state index is 0.239. The van der Waals surface area contributed by atoms with E-state index in [0.29, 0.717) is 11.7 Å². The van der Waals surface area contributed by atoms with Crippen molar-refractivity contribution in [3.05, 3.63) is 29.3 Å². The lowest BCUT2D eigenvalue weighted by Crippen LogP contribution is -2.16. The second-order valence-electron chi connectivity index (χ2n) is 4.90. The first-order chi connectivity index (χ1) is 8.49.